The normalized spacial score (nSPS) is 15.3. The predicted octanol–water partition coefficient (Wildman–Crippen LogP) is 3.95. The van der Waals surface area contributed by atoms with Crippen molar-refractivity contribution < 1.29 is 8.42 Å². The van der Waals surface area contributed by atoms with Crippen LogP contribution in [0.4, 0.5) is 5.69 Å². The molecule has 0 atom stereocenters. The quantitative estimate of drug-likeness (QED) is 0.827. The van der Waals surface area contributed by atoms with Crippen LogP contribution in [-0.2, 0) is 22.3 Å². The molecule has 0 aromatic heterocycles. The highest BCUT2D eigenvalue weighted by atomic mass is 35.5. The molecule has 1 aliphatic rings. The van der Waals surface area contributed by atoms with Crippen molar-refractivity contribution >= 4 is 27.3 Å². The third kappa shape index (κ3) is 5.46. The minimum Gasteiger partial charge on any atom is -0.372 e. The van der Waals surface area contributed by atoms with Gasteiger partial charge in [-0.05, 0) is 54.7 Å². The van der Waals surface area contributed by atoms with E-state index in [-0.39, 0.29) is 5.75 Å². The van der Waals surface area contributed by atoms with Gasteiger partial charge in [0.25, 0.3) is 0 Å². The highest BCUT2D eigenvalue weighted by Gasteiger charge is 2.13. The van der Waals surface area contributed by atoms with Crippen LogP contribution in [-0.4, -0.2) is 21.5 Å². The van der Waals surface area contributed by atoms with E-state index < -0.39 is 10.0 Å². The lowest BCUT2D eigenvalue weighted by molar-refractivity contribution is 0.577. The molecule has 6 heteroatoms. The Morgan fingerprint density at radius 2 is 1.68 bits per heavy atom. The Kier molecular flexibility index (Phi) is 5.99. The highest BCUT2D eigenvalue weighted by Crippen LogP contribution is 2.20. The molecule has 0 radical (unpaired) electrons. The molecular weight excluding hydrogens is 356 g/mol. The maximum atomic E-state index is 12.2. The number of sulfonamides is 1. The minimum atomic E-state index is -3.40. The molecule has 0 spiro atoms. The van der Waals surface area contributed by atoms with Crippen LogP contribution in [0.1, 0.15) is 30.4 Å². The summed E-state index contributed by atoms with van der Waals surface area (Å²) >= 11 is 5.91. The van der Waals surface area contributed by atoms with Gasteiger partial charge in [0.05, 0.1) is 5.75 Å². The molecule has 0 unspecified atom stereocenters. The van der Waals surface area contributed by atoms with Gasteiger partial charge in [0.15, 0.2) is 0 Å². The molecule has 0 bridgehead atoms. The molecular formula is C19H23ClN2O2S. The number of nitrogens with one attached hydrogen (secondary N) is 1. The predicted molar refractivity (Wildman–Crippen MR) is 103 cm³/mol. The van der Waals surface area contributed by atoms with Gasteiger partial charge in [0.2, 0.25) is 10.0 Å². The first-order valence-electron chi connectivity index (χ1n) is 8.57. The van der Waals surface area contributed by atoms with Crippen LogP contribution in [0, 0.1) is 0 Å². The first-order valence-corrected chi connectivity index (χ1v) is 10.6. The Morgan fingerprint density at radius 3 is 2.36 bits per heavy atom. The van der Waals surface area contributed by atoms with Gasteiger partial charge in [-0.1, -0.05) is 35.9 Å². The van der Waals surface area contributed by atoms with Gasteiger partial charge >= 0.3 is 0 Å². The largest absolute Gasteiger partial charge is 0.372 e. The van der Waals surface area contributed by atoms with Crippen molar-refractivity contribution in [2.75, 3.05) is 18.0 Å². The second kappa shape index (κ2) is 8.21. The lowest BCUT2D eigenvalue weighted by Crippen LogP contribution is -2.29. The Bertz CT molecular complexity index is 800. The van der Waals surface area contributed by atoms with E-state index in [2.05, 4.69) is 21.8 Å². The SMILES string of the molecule is O=S(=O)(Cc1cccc(Cl)c1)NCc1ccc(N2CCCCC2)cc1. The van der Waals surface area contributed by atoms with Gasteiger partial charge in [-0.2, -0.15) is 0 Å². The summed E-state index contributed by atoms with van der Waals surface area (Å²) in [4.78, 5) is 2.39. The zero-order valence-corrected chi connectivity index (χ0v) is 15.7. The van der Waals surface area contributed by atoms with Crippen molar-refractivity contribution in [2.24, 2.45) is 0 Å². The summed E-state index contributed by atoms with van der Waals surface area (Å²) < 4.78 is 27.1. The standard InChI is InChI=1S/C19H23ClN2O2S/c20-18-6-4-5-17(13-18)15-25(23,24)21-14-16-7-9-19(10-8-16)22-11-2-1-3-12-22/h4-10,13,21H,1-3,11-12,14-15H2. The average Bonchev–Trinajstić information content (AvgIpc) is 2.61. The van der Waals surface area contributed by atoms with Crippen LogP contribution in [0.2, 0.25) is 5.02 Å². The van der Waals surface area contributed by atoms with Crippen molar-refractivity contribution in [3.05, 3.63) is 64.7 Å². The fourth-order valence-corrected chi connectivity index (χ4v) is 4.39. The van der Waals surface area contributed by atoms with E-state index >= 15 is 0 Å². The molecule has 1 saturated heterocycles. The van der Waals surface area contributed by atoms with Crippen LogP contribution in [0.15, 0.2) is 48.5 Å². The highest BCUT2D eigenvalue weighted by molar-refractivity contribution is 7.88. The van der Waals surface area contributed by atoms with Crippen molar-refractivity contribution in [3.8, 4) is 0 Å². The van der Waals surface area contributed by atoms with Crippen LogP contribution in [0.25, 0.3) is 0 Å². The lowest BCUT2D eigenvalue weighted by Gasteiger charge is -2.28. The van der Waals surface area contributed by atoms with E-state index in [9.17, 15) is 8.42 Å². The summed E-state index contributed by atoms with van der Waals surface area (Å²) in [6, 6.07) is 15.1. The molecule has 25 heavy (non-hydrogen) atoms. The molecule has 1 heterocycles. The number of halogens is 1. The van der Waals surface area contributed by atoms with Crippen molar-refractivity contribution in [1.29, 1.82) is 0 Å². The van der Waals surface area contributed by atoms with Crippen molar-refractivity contribution in [3.63, 3.8) is 0 Å². The number of benzene rings is 2. The maximum absolute atomic E-state index is 12.2. The van der Waals surface area contributed by atoms with E-state index in [1.54, 1.807) is 24.3 Å². The third-order valence-electron chi connectivity index (χ3n) is 4.40. The van der Waals surface area contributed by atoms with E-state index in [1.165, 1.54) is 24.9 Å². The fraction of sp³-hybridized carbons (Fsp3) is 0.368. The van der Waals surface area contributed by atoms with Crippen LogP contribution < -0.4 is 9.62 Å². The molecule has 2 aromatic carbocycles. The summed E-state index contributed by atoms with van der Waals surface area (Å²) in [5, 5.41) is 0.543. The molecule has 0 saturated carbocycles. The third-order valence-corrected chi connectivity index (χ3v) is 5.93. The fourth-order valence-electron chi connectivity index (χ4n) is 3.07. The second-order valence-electron chi connectivity index (χ2n) is 6.42. The summed E-state index contributed by atoms with van der Waals surface area (Å²) in [6.45, 7) is 2.50. The molecule has 1 aliphatic heterocycles. The number of anilines is 1. The molecule has 1 fully saturated rings. The van der Waals surface area contributed by atoms with E-state index in [0.717, 1.165) is 18.7 Å². The number of rotatable bonds is 6. The molecule has 3 rings (SSSR count). The average molecular weight is 379 g/mol. The van der Waals surface area contributed by atoms with Crippen molar-refractivity contribution in [1.82, 2.24) is 4.72 Å². The van der Waals surface area contributed by atoms with Gasteiger partial charge in [-0.15, -0.1) is 0 Å². The Hall–Kier alpha value is -1.56. The zero-order valence-electron chi connectivity index (χ0n) is 14.1. The molecule has 0 aliphatic carbocycles. The maximum Gasteiger partial charge on any atom is 0.216 e. The number of hydrogen-bond acceptors (Lipinski definition) is 3. The van der Waals surface area contributed by atoms with Gasteiger partial charge in [-0.3, -0.25) is 0 Å². The minimum absolute atomic E-state index is 0.0700. The van der Waals surface area contributed by atoms with Crippen LogP contribution in [0.3, 0.4) is 0 Å². The summed E-state index contributed by atoms with van der Waals surface area (Å²) in [5.74, 6) is -0.0700. The van der Waals surface area contributed by atoms with E-state index in [0.29, 0.717) is 17.1 Å². The Balaban J connectivity index is 1.57. The topological polar surface area (TPSA) is 49.4 Å². The summed E-state index contributed by atoms with van der Waals surface area (Å²) in [6.07, 6.45) is 3.79. The first-order chi connectivity index (χ1) is 12.0. The van der Waals surface area contributed by atoms with E-state index in [1.807, 2.05) is 12.1 Å². The zero-order chi connectivity index (χ0) is 17.7. The number of hydrogen-bond donors (Lipinski definition) is 1. The molecule has 1 N–H and O–H groups in total. The summed E-state index contributed by atoms with van der Waals surface area (Å²) in [5.41, 5.74) is 2.85. The monoisotopic (exact) mass is 378 g/mol. The molecule has 134 valence electrons. The first kappa shape index (κ1) is 18.2. The van der Waals surface area contributed by atoms with Crippen molar-refractivity contribution in [2.45, 2.75) is 31.6 Å². The lowest BCUT2D eigenvalue weighted by atomic mass is 10.1. The molecule has 0 amide bonds. The Morgan fingerprint density at radius 1 is 0.960 bits per heavy atom. The summed E-state index contributed by atoms with van der Waals surface area (Å²) in [7, 11) is -3.40. The van der Waals surface area contributed by atoms with Crippen LogP contribution in [0.5, 0.6) is 0 Å². The van der Waals surface area contributed by atoms with Crippen LogP contribution >= 0.6 is 11.6 Å². The van der Waals surface area contributed by atoms with Gasteiger partial charge < -0.3 is 4.90 Å². The van der Waals surface area contributed by atoms with Gasteiger partial charge in [-0.25, -0.2) is 13.1 Å². The number of piperidine rings is 1. The number of nitrogens with zero attached hydrogens (tertiary/aromatic N) is 1. The smallest absolute Gasteiger partial charge is 0.216 e. The van der Waals surface area contributed by atoms with E-state index in [4.69, 9.17) is 11.6 Å². The van der Waals surface area contributed by atoms with Gasteiger partial charge in [0, 0.05) is 30.3 Å². The van der Waals surface area contributed by atoms with Gasteiger partial charge in [0.1, 0.15) is 0 Å². The second-order valence-corrected chi connectivity index (χ2v) is 8.67. The molecule has 4 nitrogen and oxygen atoms in total. The Labute approximate surface area is 154 Å². The molecule has 2 aromatic rings.